The van der Waals surface area contributed by atoms with Gasteiger partial charge in [0.15, 0.2) is 0 Å². The lowest BCUT2D eigenvalue weighted by atomic mass is 9.90. The molecule has 1 aromatic heterocycles. The quantitative estimate of drug-likeness (QED) is 0.698. The molecule has 28 heavy (non-hydrogen) atoms. The van der Waals surface area contributed by atoms with Gasteiger partial charge in [-0.1, -0.05) is 30.3 Å². The van der Waals surface area contributed by atoms with Crippen molar-refractivity contribution >= 4 is 16.9 Å². The largest absolute Gasteiger partial charge is 0.508 e. The fourth-order valence-electron chi connectivity index (χ4n) is 3.84. The number of hydrogen-bond acceptors (Lipinski definition) is 4. The van der Waals surface area contributed by atoms with Crippen molar-refractivity contribution < 1.29 is 14.3 Å². The molecule has 5 heteroatoms. The molecule has 1 fully saturated rings. The van der Waals surface area contributed by atoms with Crippen LogP contribution in [0.5, 0.6) is 5.75 Å². The average Bonchev–Trinajstić information content (AvgIpc) is 2.73. The molecule has 5 nitrogen and oxygen atoms in total. The van der Waals surface area contributed by atoms with Crippen molar-refractivity contribution in [2.75, 3.05) is 13.1 Å². The molecule has 4 rings (SSSR count). The van der Waals surface area contributed by atoms with Crippen LogP contribution in [-0.2, 0) is 6.42 Å². The highest BCUT2D eigenvalue weighted by Crippen LogP contribution is 2.24. The number of rotatable bonds is 4. The lowest BCUT2D eigenvalue weighted by Gasteiger charge is -2.32. The third kappa shape index (κ3) is 3.93. The average molecular weight is 377 g/mol. The predicted octanol–water partition coefficient (Wildman–Crippen LogP) is 3.98. The summed E-state index contributed by atoms with van der Waals surface area (Å²) in [7, 11) is 0. The summed E-state index contributed by atoms with van der Waals surface area (Å²) >= 11 is 0. The zero-order valence-electron chi connectivity index (χ0n) is 15.6. The van der Waals surface area contributed by atoms with E-state index in [2.05, 4.69) is 0 Å². The molecule has 1 aliphatic heterocycles. The lowest BCUT2D eigenvalue weighted by Crippen LogP contribution is -2.40. The topological polar surface area (TPSA) is 70.8 Å². The molecule has 0 saturated carbocycles. The number of aromatic hydroxyl groups is 1. The van der Waals surface area contributed by atoms with E-state index in [0.29, 0.717) is 24.6 Å². The van der Waals surface area contributed by atoms with Gasteiger partial charge in [-0.2, -0.15) is 0 Å². The van der Waals surface area contributed by atoms with Crippen LogP contribution in [0.2, 0.25) is 0 Å². The number of nitrogens with zero attached hydrogens (tertiary/aromatic N) is 1. The second-order valence-corrected chi connectivity index (χ2v) is 7.43. The Labute approximate surface area is 163 Å². The van der Waals surface area contributed by atoms with Crippen molar-refractivity contribution in [1.29, 1.82) is 0 Å². The lowest BCUT2D eigenvalue weighted by molar-refractivity contribution is 0.0683. The summed E-state index contributed by atoms with van der Waals surface area (Å²) in [6.45, 7) is 1.32. The van der Waals surface area contributed by atoms with Gasteiger partial charge in [-0.3, -0.25) is 4.79 Å². The van der Waals surface area contributed by atoms with Crippen molar-refractivity contribution in [1.82, 2.24) is 4.90 Å². The van der Waals surface area contributed by atoms with Crippen molar-refractivity contribution in [2.24, 2.45) is 5.92 Å². The Hall–Kier alpha value is -3.08. The Morgan fingerprint density at radius 2 is 1.79 bits per heavy atom. The highest BCUT2D eigenvalue weighted by Gasteiger charge is 2.25. The molecule has 3 aromatic rings. The van der Waals surface area contributed by atoms with Crippen LogP contribution in [0, 0.1) is 5.92 Å². The van der Waals surface area contributed by atoms with Gasteiger partial charge in [0.1, 0.15) is 16.9 Å². The zero-order chi connectivity index (χ0) is 19.5. The summed E-state index contributed by atoms with van der Waals surface area (Å²) < 4.78 is 5.30. The monoisotopic (exact) mass is 377 g/mol. The number of likely N-dealkylation sites (tertiary alicyclic amines) is 1. The summed E-state index contributed by atoms with van der Waals surface area (Å²) in [5, 5.41) is 10.1. The first-order valence-electron chi connectivity index (χ1n) is 9.70. The molecular formula is C23H23NO4. The molecule has 0 aliphatic carbocycles. The number of hydrogen-bond donors (Lipinski definition) is 1. The van der Waals surface area contributed by atoms with Crippen molar-refractivity contribution in [3.8, 4) is 5.75 Å². The van der Waals surface area contributed by atoms with E-state index in [1.165, 1.54) is 5.56 Å². The van der Waals surface area contributed by atoms with E-state index in [1.807, 2.05) is 24.3 Å². The first-order valence-corrected chi connectivity index (χ1v) is 9.70. The van der Waals surface area contributed by atoms with Crippen LogP contribution in [0.3, 0.4) is 0 Å². The van der Waals surface area contributed by atoms with E-state index in [4.69, 9.17) is 4.42 Å². The molecular weight excluding hydrogens is 354 g/mol. The van der Waals surface area contributed by atoms with Crippen molar-refractivity contribution in [2.45, 2.75) is 25.7 Å². The summed E-state index contributed by atoms with van der Waals surface area (Å²) in [6, 6.07) is 16.2. The Morgan fingerprint density at radius 3 is 2.54 bits per heavy atom. The number of carbonyl (C=O) groups is 1. The molecule has 1 amide bonds. The summed E-state index contributed by atoms with van der Waals surface area (Å²) in [5.41, 5.74) is 1.25. The third-order valence-electron chi connectivity index (χ3n) is 5.55. The van der Waals surface area contributed by atoms with E-state index >= 15 is 0 Å². The van der Waals surface area contributed by atoms with Crippen molar-refractivity contribution in [3.05, 3.63) is 76.1 Å². The van der Waals surface area contributed by atoms with Crippen LogP contribution >= 0.6 is 0 Å². The Bertz CT molecular complexity index is 1030. The number of phenols is 1. The number of aryl methyl sites for hydroxylation is 1. The molecule has 2 aromatic carbocycles. The molecule has 144 valence electrons. The van der Waals surface area contributed by atoms with E-state index in [9.17, 15) is 14.7 Å². The second-order valence-electron chi connectivity index (χ2n) is 7.43. The molecule has 1 N–H and O–H groups in total. The zero-order valence-corrected chi connectivity index (χ0v) is 15.6. The number of carbonyl (C=O) groups excluding carboxylic acids is 1. The van der Waals surface area contributed by atoms with Gasteiger partial charge in [0, 0.05) is 18.5 Å². The number of piperidine rings is 1. The van der Waals surface area contributed by atoms with Gasteiger partial charge in [0.2, 0.25) is 0 Å². The van der Waals surface area contributed by atoms with Gasteiger partial charge < -0.3 is 14.4 Å². The Kier molecular flexibility index (Phi) is 5.15. The minimum Gasteiger partial charge on any atom is -0.508 e. The summed E-state index contributed by atoms with van der Waals surface area (Å²) in [6.07, 6.45) is 3.89. The van der Waals surface area contributed by atoms with Crippen molar-refractivity contribution in [3.63, 3.8) is 0 Å². The first-order chi connectivity index (χ1) is 13.6. The molecule has 0 radical (unpaired) electrons. The standard InChI is InChI=1S/C23H23NO4/c25-19-9-7-16(8-10-19)5-6-17-11-13-24(14-12-17)22(26)20-15-18-3-1-2-4-21(18)28-23(20)27/h1-4,7-10,15,17,25H,5-6,11-14H2. The van der Waals surface area contributed by atoms with Gasteiger partial charge in [-0.05, 0) is 61.4 Å². The maximum absolute atomic E-state index is 12.8. The summed E-state index contributed by atoms with van der Waals surface area (Å²) in [5.74, 6) is 0.607. The van der Waals surface area contributed by atoms with Crippen LogP contribution in [0.15, 0.2) is 63.8 Å². The third-order valence-corrected chi connectivity index (χ3v) is 5.55. The minimum absolute atomic E-state index is 0.112. The molecule has 0 spiro atoms. The maximum Gasteiger partial charge on any atom is 0.349 e. The van der Waals surface area contributed by atoms with Crippen LogP contribution < -0.4 is 5.63 Å². The molecule has 0 unspecified atom stereocenters. The number of amides is 1. The van der Waals surface area contributed by atoms with E-state index in [-0.39, 0.29) is 17.2 Å². The van der Waals surface area contributed by atoms with Crippen LogP contribution in [0.4, 0.5) is 0 Å². The van der Waals surface area contributed by atoms with Crippen LogP contribution in [-0.4, -0.2) is 29.0 Å². The molecule has 1 aliphatic rings. The van der Waals surface area contributed by atoms with E-state index in [0.717, 1.165) is 31.1 Å². The SMILES string of the molecule is O=C(c1cc2ccccc2oc1=O)N1CCC(CCc2ccc(O)cc2)CC1. The van der Waals surface area contributed by atoms with Gasteiger partial charge >= 0.3 is 5.63 Å². The highest BCUT2D eigenvalue weighted by atomic mass is 16.4. The van der Waals surface area contributed by atoms with Gasteiger partial charge in [-0.15, -0.1) is 0 Å². The molecule has 0 atom stereocenters. The van der Waals surface area contributed by atoms with Gasteiger partial charge in [0.25, 0.3) is 5.91 Å². The summed E-state index contributed by atoms with van der Waals surface area (Å²) in [4.78, 5) is 26.8. The van der Waals surface area contributed by atoms with Gasteiger partial charge in [-0.25, -0.2) is 4.79 Å². The van der Waals surface area contributed by atoms with Crippen LogP contribution in [0.25, 0.3) is 11.0 Å². The number of phenolic OH excluding ortho intramolecular Hbond substituents is 1. The first kappa shape index (κ1) is 18.3. The second kappa shape index (κ2) is 7.89. The predicted molar refractivity (Wildman–Crippen MR) is 108 cm³/mol. The van der Waals surface area contributed by atoms with Gasteiger partial charge in [0.05, 0.1) is 0 Å². The highest BCUT2D eigenvalue weighted by molar-refractivity contribution is 5.96. The fourth-order valence-corrected chi connectivity index (χ4v) is 3.84. The van der Waals surface area contributed by atoms with Crippen LogP contribution in [0.1, 0.15) is 35.2 Å². The maximum atomic E-state index is 12.8. The minimum atomic E-state index is -0.571. The molecule has 0 bridgehead atoms. The molecule has 1 saturated heterocycles. The fraction of sp³-hybridized carbons (Fsp3) is 0.304. The smallest absolute Gasteiger partial charge is 0.349 e. The Morgan fingerprint density at radius 1 is 1.07 bits per heavy atom. The number of benzene rings is 2. The Balaban J connectivity index is 1.37. The normalized spacial score (nSPS) is 15.1. The molecule has 2 heterocycles. The van der Waals surface area contributed by atoms with E-state index in [1.54, 1.807) is 35.2 Å². The van der Waals surface area contributed by atoms with E-state index < -0.39 is 5.63 Å². The number of para-hydroxylation sites is 1. The number of fused-ring (bicyclic) bond motifs is 1.